The highest BCUT2D eigenvalue weighted by molar-refractivity contribution is 5.98. The van der Waals surface area contributed by atoms with Gasteiger partial charge in [0.05, 0.1) is 11.7 Å². The predicted molar refractivity (Wildman–Crippen MR) is 153 cm³/mol. The van der Waals surface area contributed by atoms with Crippen LogP contribution in [0.2, 0.25) is 0 Å². The fourth-order valence-electron chi connectivity index (χ4n) is 5.11. The van der Waals surface area contributed by atoms with Crippen molar-refractivity contribution in [2.45, 2.75) is 57.5 Å². The maximum absolute atomic E-state index is 15.0. The zero-order valence-electron chi connectivity index (χ0n) is 24.1. The van der Waals surface area contributed by atoms with Gasteiger partial charge in [0.1, 0.15) is 11.6 Å². The van der Waals surface area contributed by atoms with Crippen molar-refractivity contribution in [3.8, 4) is 0 Å². The van der Waals surface area contributed by atoms with Gasteiger partial charge in [-0.2, -0.15) is 5.01 Å². The summed E-state index contributed by atoms with van der Waals surface area (Å²) in [5.74, 6) is -2.18. The normalized spacial score (nSPS) is 18.9. The summed E-state index contributed by atoms with van der Waals surface area (Å²) >= 11 is 0. The van der Waals surface area contributed by atoms with Gasteiger partial charge in [-0.25, -0.2) is 8.78 Å². The Bertz CT molecular complexity index is 1400. The Hall–Kier alpha value is -3.66. The van der Waals surface area contributed by atoms with Crippen LogP contribution in [0.4, 0.5) is 8.78 Å². The third-order valence-corrected chi connectivity index (χ3v) is 7.70. The number of amides is 1. The molecular weight excluding hydrogens is 528 g/mol. The van der Waals surface area contributed by atoms with Crippen molar-refractivity contribution < 1.29 is 27.8 Å². The summed E-state index contributed by atoms with van der Waals surface area (Å²) in [6.07, 6.45) is 0.114. The number of ether oxygens (including phenoxy) is 3. The fourth-order valence-corrected chi connectivity index (χ4v) is 5.11. The monoisotopic (exact) mass is 565 g/mol. The largest absolute Gasteiger partial charge is 0.443 e. The number of hydrazone groups is 1. The van der Waals surface area contributed by atoms with Crippen LogP contribution in [-0.2, 0) is 31.2 Å². The highest BCUT2D eigenvalue weighted by Crippen LogP contribution is 2.43. The standard InChI is InChI=1S/C32H37F2N3O4/c1-21-7-11-24(12-8-21)20-31(40-5,23(3)39-4)30(38)37-32(17-6-18-35,25-13-9-22(2)10-14-25)41-29(36-37)27-19-26(33)15-16-28(27)34/h7-16,19,23H,6,17-18,20,35H2,1-5H3/t23?,31-,32-/m0/s1. The molecule has 0 fully saturated rings. The number of halogens is 2. The second-order valence-corrected chi connectivity index (χ2v) is 10.4. The van der Waals surface area contributed by atoms with Crippen LogP contribution in [0, 0.1) is 25.5 Å². The zero-order chi connectivity index (χ0) is 29.8. The molecule has 0 spiro atoms. The van der Waals surface area contributed by atoms with Crippen molar-refractivity contribution in [1.82, 2.24) is 5.01 Å². The number of nitrogens with zero attached hydrogens (tertiary/aromatic N) is 2. The van der Waals surface area contributed by atoms with Crippen LogP contribution < -0.4 is 5.73 Å². The van der Waals surface area contributed by atoms with Crippen LogP contribution in [0.15, 0.2) is 71.8 Å². The lowest BCUT2D eigenvalue weighted by molar-refractivity contribution is -0.190. The highest BCUT2D eigenvalue weighted by atomic mass is 19.1. The van der Waals surface area contributed by atoms with Crippen LogP contribution in [0.3, 0.4) is 0 Å². The third kappa shape index (κ3) is 5.88. The lowest BCUT2D eigenvalue weighted by Crippen LogP contribution is -2.61. The predicted octanol–water partition coefficient (Wildman–Crippen LogP) is 5.36. The molecule has 0 radical (unpaired) electrons. The molecule has 1 amide bonds. The maximum atomic E-state index is 15.0. The number of methoxy groups -OCH3 is 2. The van der Waals surface area contributed by atoms with E-state index in [0.29, 0.717) is 18.5 Å². The molecule has 9 heteroatoms. The molecule has 1 heterocycles. The molecule has 1 aliphatic heterocycles. The summed E-state index contributed by atoms with van der Waals surface area (Å²) in [4.78, 5) is 14.9. The van der Waals surface area contributed by atoms with Crippen LogP contribution >= 0.6 is 0 Å². The van der Waals surface area contributed by atoms with E-state index in [0.717, 1.165) is 34.9 Å². The molecule has 3 aromatic rings. The average Bonchev–Trinajstić information content (AvgIpc) is 3.37. The van der Waals surface area contributed by atoms with E-state index in [1.54, 1.807) is 6.92 Å². The summed E-state index contributed by atoms with van der Waals surface area (Å²) in [6.45, 7) is 5.97. The van der Waals surface area contributed by atoms with Crippen molar-refractivity contribution in [3.63, 3.8) is 0 Å². The summed E-state index contributed by atoms with van der Waals surface area (Å²) in [5, 5.41) is 5.76. The van der Waals surface area contributed by atoms with Crippen LogP contribution in [0.1, 0.15) is 47.6 Å². The molecular formula is C32H37F2N3O4. The van der Waals surface area contributed by atoms with Gasteiger partial charge in [-0.05, 0) is 57.5 Å². The lowest BCUT2D eigenvalue weighted by atomic mass is 9.86. The molecule has 0 bridgehead atoms. The van der Waals surface area contributed by atoms with Crippen LogP contribution in [-0.4, -0.2) is 49.3 Å². The average molecular weight is 566 g/mol. The van der Waals surface area contributed by atoms with E-state index in [4.69, 9.17) is 19.9 Å². The number of hydrogen-bond donors (Lipinski definition) is 1. The number of benzene rings is 3. The number of rotatable bonds is 11. The number of nitrogens with two attached hydrogens (primary N) is 1. The van der Waals surface area contributed by atoms with Crippen molar-refractivity contribution in [1.29, 1.82) is 0 Å². The van der Waals surface area contributed by atoms with Gasteiger partial charge in [-0.3, -0.25) is 4.79 Å². The van der Waals surface area contributed by atoms with E-state index in [-0.39, 0.29) is 24.3 Å². The zero-order valence-corrected chi connectivity index (χ0v) is 24.1. The van der Waals surface area contributed by atoms with Gasteiger partial charge in [0.15, 0.2) is 5.60 Å². The van der Waals surface area contributed by atoms with Crippen molar-refractivity contribution >= 4 is 11.8 Å². The maximum Gasteiger partial charge on any atom is 0.281 e. The highest BCUT2D eigenvalue weighted by Gasteiger charge is 2.57. The second kappa shape index (κ2) is 12.5. The van der Waals surface area contributed by atoms with Gasteiger partial charge in [0.25, 0.3) is 5.91 Å². The van der Waals surface area contributed by atoms with Gasteiger partial charge in [0.2, 0.25) is 11.6 Å². The minimum atomic E-state index is -1.55. The van der Waals surface area contributed by atoms with Crippen molar-refractivity contribution in [3.05, 3.63) is 106 Å². The van der Waals surface area contributed by atoms with Gasteiger partial charge >= 0.3 is 0 Å². The van der Waals surface area contributed by atoms with E-state index in [1.165, 1.54) is 19.2 Å². The second-order valence-electron chi connectivity index (χ2n) is 10.4. The molecule has 3 aromatic carbocycles. The molecule has 218 valence electrons. The molecule has 41 heavy (non-hydrogen) atoms. The van der Waals surface area contributed by atoms with Crippen LogP contribution in [0.25, 0.3) is 0 Å². The topological polar surface area (TPSA) is 86.4 Å². The first-order valence-electron chi connectivity index (χ1n) is 13.6. The Balaban J connectivity index is 1.93. The molecule has 7 nitrogen and oxygen atoms in total. The van der Waals surface area contributed by atoms with E-state index < -0.39 is 35.0 Å². The first kappa shape index (κ1) is 30.3. The Kier molecular flexibility index (Phi) is 9.21. The summed E-state index contributed by atoms with van der Waals surface area (Å²) < 4.78 is 47.5. The van der Waals surface area contributed by atoms with Gasteiger partial charge in [0, 0.05) is 32.6 Å². The van der Waals surface area contributed by atoms with E-state index in [2.05, 4.69) is 5.10 Å². The summed E-state index contributed by atoms with van der Waals surface area (Å²) in [5.41, 5.74) is 6.17. The number of carbonyl (C=O) groups is 1. The third-order valence-electron chi connectivity index (χ3n) is 7.70. The van der Waals surface area contributed by atoms with Gasteiger partial charge in [-0.15, -0.1) is 5.10 Å². The minimum absolute atomic E-state index is 0.161. The summed E-state index contributed by atoms with van der Waals surface area (Å²) in [7, 11) is 2.95. The SMILES string of the molecule is COC(C)[C@](Cc1ccc(C)cc1)(OC)C(=O)N1N=C(c2cc(F)ccc2F)O[C@@]1(CCCN)c1ccc(C)cc1. The van der Waals surface area contributed by atoms with Crippen LogP contribution in [0.5, 0.6) is 0 Å². The first-order chi connectivity index (χ1) is 19.6. The Morgan fingerprint density at radius 3 is 2.27 bits per heavy atom. The van der Waals surface area contributed by atoms with E-state index >= 15 is 4.39 Å². The molecule has 1 unspecified atom stereocenters. The van der Waals surface area contributed by atoms with E-state index in [1.807, 2.05) is 62.4 Å². The molecule has 0 aromatic heterocycles. The Labute approximate surface area is 239 Å². The molecule has 0 aliphatic carbocycles. The molecule has 0 saturated carbocycles. The lowest BCUT2D eigenvalue weighted by Gasteiger charge is -2.42. The van der Waals surface area contributed by atoms with Gasteiger partial charge < -0.3 is 19.9 Å². The summed E-state index contributed by atoms with van der Waals surface area (Å²) in [6, 6.07) is 18.2. The van der Waals surface area contributed by atoms with E-state index in [9.17, 15) is 9.18 Å². The van der Waals surface area contributed by atoms with Crippen molar-refractivity contribution in [2.75, 3.05) is 20.8 Å². The molecule has 1 aliphatic rings. The molecule has 0 saturated heterocycles. The quantitative estimate of drug-likeness (QED) is 0.339. The number of aryl methyl sites for hydroxylation is 2. The Morgan fingerprint density at radius 2 is 1.68 bits per heavy atom. The molecule has 2 N–H and O–H groups in total. The molecule has 3 atom stereocenters. The number of carbonyl (C=O) groups excluding carboxylic acids is 1. The Morgan fingerprint density at radius 1 is 1.05 bits per heavy atom. The molecule has 4 rings (SSSR count). The minimum Gasteiger partial charge on any atom is -0.443 e. The fraction of sp³-hybridized carbons (Fsp3) is 0.375. The van der Waals surface area contributed by atoms with Gasteiger partial charge in [-0.1, -0.05) is 59.7 Å². The van der Waals surface area contributed by atoms with Crippen molar-refractivity contribution in [2.24, 2.45) is 10.8 Å². The smallest absolute Gasteiger partial charge is 0.281 e. The first-order valence-corrected chi connectivity index (χ1v) is 13.6. The number of hydrogen-bond acceptors (Lipinski definition) is 6.